The number of rotatable bonds is 7. The second-order valence-corrected chi connectivity index (χ2v) is 5.74. The fraction of sp³-hybridized carbons (Fsp3) is 0.389. The number of benzene rings is 1. The normalized spacial score (nSPS) is 11.8. The lowest BCUT2D eigenvalue weighted by atomic mass is 10.1. The van der Waals surface area contributed by atoms with Gasteiger partial charge in [-0.25, -0.2) is 14.4 Å². The van der Waals surface area contributed by atoms with E-state index in [-0.39, 0.29) is 17.8 Å². The van der Waals surface area contributed by atoms with Crippen LogP contribution >= 0.6 is 0 Å². The molecule has 6 heteroatoms. The van der Waals surface area contributed by atoms with Crippen LogP contribution in [-0.4, -0.2) is 28.5 Å². The molecule has 24 heavy (non-hydrogen) atoms. The van der Waals surface area contributed by atoms with Crippen molar-refractivity contribution < 1.29 is 9.18 Å². The maximum atomic E-state index is 13.6. The maximum absolute atomic E-state index is 13.6. The summed E-state index contributed by atoms with van der Waals surface area (Å²) in [5.74, 6) is 0.618. The first-order chi connectivity index (χ1) is 11.5. The quantitative estimate of drug-likeness (QED) is 0.818. The number of carbonyl (C=O) groups excluding carboxylic acids is 1. The summed E-state index contributed by atoms with van der Waals surface area (Å²) < 4.78 is 13.6. The highest BCUT2D eigenvalue weighted by atomic mass is 19.1. The lowest BCUT2D eigenvalue weighted by Gasteiger charge is -2.13. The minimum atomic E-state index is -0.288. The summed E-state index contributed by atoms with van der Waals surface area (Å²) in [4.78, 5) is 20.7. The Bertz CT molecular complexity index is 705. The predicted molar refractivity (Wildman–Crippen MR) is 92.6 cm³/mol. The third-order valence-corrected chi connectivity index (χ3v) is 3.71. The first-order valence-electron chi connectivity index (χ1n) is 8.13. The Morgan fingerprint density at radius 1 is 1.29 bits per heavy atom. The van der Waals surface area contributed by atoms with Crippen molar-refractivity contribution in [1.29, 1.82) is 0 Å². The third-order valence-electron chi connectivity index (χ3n) is 3.71. The van der Waals surface area contributed by atoms with Gasteiger partial charge < -0.3 is 10.6 Å². The molecular formula is C18H23FN4O. The summed E-state index contributed by atoms with van der Waals surface area (Å²) >= 11 is 0. The van der Waals surface area contributed by atoms with E-state index in [0.717, 1.165) is 6.42 Å². The number of hydrogen-bond acceptors (Lipinski definition) is 4. The number of hydrogen-bond donors (Lipinski definition) is 2. The highest BCUT2D eigenvalue weighted by molar-refractivity contribution is 5.92. The van der Waals surface area contributed by atoms with Crippen molar-refractivity contribution in [3.8, 4) is 0 Å². The largest absolute Gasteiger partial charge is 0.368 e. The van der Waals surface area contributed by atoms with Gasteiger partial charge in [0.15, 0.2) is 0 Å². The van der Waals surface area contributed by atoms with Crippen LogP contribution in [0.15, 0.2) is 30.3 Å². The van der Waals surface area contributed by atoms with Gasteiger partial charge >= 0.3 is 0 Å². The van der Waals surface area contributed by atoms with E-state index in [2.05, 4.69) is 27.5 Å². The Labute approximate surface area is 141 Å². The zero-order valence-corrected chi connectivity index (χ0v) is 14.3. The van der Waals surface area contributed by atoms with Crippen LogP contribution in [0.1, 0.15) is 42.1 Å². The number of anilines is 1. The molecule has 0 saturated carbocycles. The van der Waals surface area contributed by atoms with E-state index >= 15 is 0 Å². The van der Waals surface area contributed by atoms with Crippen molar-refractivity contribution in [1.82, 2.24) is 15.3 Å². The zero-order chi connectivity index (χ0) is 17.5. The van der Waals surface area contributed by atoms with E-state index in [0.29, 0.717) is 35.9 Å². The van der Waals surface area contributed by atoms with Crippen molar-refractivity contribution in [2.24, 2.45) is 0 Å². The molecule has 5 nitrogen and oxygen atoms in total. The molecule has 1 aromatic carbocycles. The van der Waals surface area contributed by atoms with Gasteiger partial charge in [0.1, 0.15) is 23.2 Å². The Morgan fingerprint density at radius 3 is 2.75 bits per heavy atom. The van der Waals surface area contributed by atoms with Crippen molar-refractivity contribution in [2.45, 2.75) is 39.7 Å². The Balaban J connectivity index is 1.98. The van der Waals surface area contributed by atoms with Crippen LogP contribution in [0.3, 0.4) is 0 Å². The number of amides is 1. The molecule has 1 atom stereocenters. The first-order valence-corrected chi connectivity index (χ1v) is 8.13. The molecule has 0 aliphatic rings. The SMILES string of the molecule is CCC(C)Nc1cc(C(=O)NCCc2ccccc2F)nc(C)n1. The third kappa shape index (κ3) is 5.01. The smallest absolute Gasteiger partial charge is 0.270 e. The fourth-order valence-electron chi connectivity index (χ4n) is 2.21. The molecule has 1 aromatic heterocycles. The minimum Gasteiger partial charge on any atom is -0.368 e. The topological polar surface area (TPSA) is 66.9 Å². The second kappa shape index (κ2) is 8.38. The number of nitrogens with one attached hydrogen (secondary N) is 2. The van der Waals surface area contributed by atoms with Gasteiger partial charge in [-0.15, -0.1) is 0 Å². The molecule has 128 valence electrons. The monoisotopic (exact) mass is 330 g/mol. The van der Waals surface area contributed by atoms with E-state index in [1.165, 1.54) is 6.07 Å². The van der Waals surface area contributed by atoms with Crippen LogP contribution < -0.4 is 10.6 Å². The van der Waals surface area contributed by atoms with E-state index in [4.69, 9.17) is 0 Å². The second-order valence-electron chi connectivity index (χ2n) is 5.74. The zero-order valence-electron chi connectivity index (χ0n) is 14.3. The lowest BCUT2D eigenvalue weighted by Crippen LogP contribution is -2.27. The van der Waals surface area contributed by atoms with Gasteiger partial charge in [-0.1, -0.05) is 25.1 Å². The Morgan fingerprint density at radius 2 is 2.04 bits per heavy atom. The molecule has 1 unspecified atom stereocenters. The molecule has 0 spiro atoms. The van der Waals surface area contributed by atoms with E-state index in [1.807, 2.05) is 6.92 Å². The van der Waals surface area contributed by atoms with Crippen LogP contribution in [0.2, 0.25) is 0 Å². The predicted octanol–water partition coefficient (Wildman–Crippen LogP) is 3.11. The molecule has 2 N–H and O–H groups in total. The molecule has 0 saturated heterocycles. The molecule has 1 amide bonds. The average Bonchev–Trinajstić information content (AvgIpc) is 2.55. The van der Waals surface area contributed by atoms with Gasteiger partial charge in [-0.2, -0.15) is 0 Å². The van der Waals surface area contributed by atoms with E-state index in [9.17, 15) is 9.18 Å². The summed E-state index contributed by atoms with van der Waals surface area (Å²) in [6.07, 6.45) is 1.38. The highest BCUT2D eigenvalue weighted by Gasteiger charge is 2.11. The van der Waals surface area contributed by atoms with Crippen LogP contribution in [-0.2, 0) is 6.42 Å². The maximum Gasteiger partial charge on any atom is 0.270 e. The van der Waals surface area contributed by atoms with Gasteiger partial charge in [0, 0.05) is 18.7 Å². The molecule has 0 aliphatic carbocycles. The van der Waals surface area contributed by atoms with Crippen LogP contribution in [0.4, 0.5) is 10.2 Å². The number of aromatic nitrogens is 2. The number of carbonyl (C=O) groups is 1. The van der Waals surface area contributed by atoms with Gasteiger partial charge in [0.05, 0.1) is 0 Å². The first kappa shape index (κ1) is 17.8. The van der Waals surface area contributed by atoms with Crippen LogP contribution in [0.5, 0.6) is 0 Å². The minimum absolute atomic E-state index is 0.260. The van der Waals surface area contributed by atoms with Crippen molar-refractivity contribution in [2.75, 3.05) is 11.9 Å². The summed E-state index contributed by atoms with van der Waals surface area (Å²) in [6.45, 7) is 6.21. The molecule has 0 fully saturated rings. The molecule has 2 aromatic rings. The number of aryl methyl sites for hydroxylation is 1. The number of nitrogens with zero attached hydrogens (tertiary/aromatic N) is 2. The van der Waals surface area contributed by atoms with E-state index < -0.39 is 0 Å². The summed E-state index contributed by atoms with van der Waals surface area (Å²) in [6, 6.07) is 8.45. The summed E-state index contributed by atoms with van der Waals surface area (Å²) in [7, 11) is 0. The summed E-state index contributed by atoms with van der Waals surface area (Å²) in [5, 5.41) is 6.01. The molecule has 1 heterocycles. The van der Waals surface area contributed by atoms with Crippen LogP contribution in [0, 0.1) is 12.7 Å². The Kier molecular flexibility index (Phi) is 6.23. The summed E-state index contributed by atoms with van der Waals surface area (Å²) in [5.41, 5.74) is 0.887. The highest BCUT2D eigenvalue weighted by Crippen LogP contribution is 2.10. The molecule has 0 radical (unpaired) electrons. The molecular weight excluding hydrogens is 307 g/mol. The van der Waals surface area contributed by atoms with Crippen molar-refractivity contribution >= 4 is 11.7 Å². The standard InChI is InChI=1S/C18H23FN4O/c1-4-12(2)21-17-11-16(22-13(3)23-17)18(24)20-10-9-14-7-5-6-8-15(14)19/h5-8,11-12H,4,9-10H2,1-3H3,(H,20,24)(H,21,22,23). The van der Waals surface area contributed by atoms with Crippen molar-refractivity contribution in [3.05, 3.63) is 53.2 Å². The molecule has 2 rings (SSSR count). The average molecular weight is 330 g/mol. The van der Waals surface area contributed by atoms with Gasteiger partial charge in [0.25, 0.3) is 5.91 Å². The van der Waals surface area contributed by atoms with Crippen molar-refractivity contribution in [3.63, 3.8) is 0 Å². The van der Waals surface area contributed by atoms with E-state index in [1.54, 1.807) is 31.2 Å². The van der Waals surface area contributed by atoms with Crippen LogP contribution in [0.25, 0.3) is 0 Å². The van der Waals surface area contributed by atoms with Gasteiger partial charge in [-0.3, -0.25) is 4.79 Å². The molecule has 0 bridgehead atoms. The van der Waals surface area contributed by atoms with Gasteiger partial charge in [0.2, 0.25) is 0 Å². The van der Waals surface area contributed by atoms with Gasteiger partial charge in [-0.05, 0) is 38.3 Å². The Hall–Kier alpha value is -2.50. The lowest BCUT2D eigenvalue weighted by molar-refractivity contribution is 0.0948. The fourth-order valence-corrected chi connectivity index (χ4v) is 2.21. The molecule has 0 aliphatic heterocycles. The number of halogens is 1.